The van der Waals surface area contributed by atoms with Crippen LogP contribution in [0.2, 0.25) is 0 Å². The predicted molar refractivity (Wildman–Crippen MR) is 213 cm³/mol. The topological polar surface area (TPSA) is 0 Å². The lowest BCUT2D eigenvalue weighted by Gasteiger charge is -2.12. The van der Waals surface area contributed by atoms with Gasteiger partial charge in [-0.1, -0.05) is 80.4 Å². The minimum Gasteiger partial charge on any atom is -0.152 e. The summed E-state index contributed by atoms with van der Waals surface area (Å²) in [6.45, 7) is 27.6. The molecule has 246 valence electrons. The molecule has 3 heterocycles. The fourth-order valence-corrected chi connectivity index (χ4v) is 12.9. The molecule has 0 N–H and O–H groups in total. The van der Waals surface area contributed by atoms with E-state index in [0.29, 0.717) is 0 Å². The first-order valence-corrected chi connectivity index (χ1v) is 22.6. The number of aryl methyl sites for hydroxylation is 4. The van der Waals surface area contributed by atoms with Crippen LogP contribution in [0.5, 0.6) is 0 Å². The molecule has 0 aliphatic carbocycles. The van der Waals surface area contributed by atoms with Gasteiger partial charge in [0.05, 0.1) is 0 Å². The lowest BCUT2D eigenvalue weighted by atomic mass is 10.2. The van der Waals surface area contributed by atoms with Gasteiger partial charge in [-0.05, 0) is 86.5 Å². The van der Waals surface area contributed by atoms with E-state index in [1.54, 1.807) is 30.9 Å². The third kappa shape index (κ3) is 17.3. The second-order valence-corrected chi connectivity index (χ2v) is 20.2. The fourth-order valence-electron chi connectivity index (χ4n) is 3.66. The Morgan fingerprint density at radius 3 is 1.12 bits per heavy atom. The molecule has 3 aromatic heterocycles. The molecule has 0 saturated carbocycles. The van der Waals surface area contributed by atoms with Gasteiger partial charge in [0.15, 0.2) is 0 Å². The lowest BCUT2D eigenvalue weighted by molar-refractivity contribution is 0.631. The van der Waals surface area contributed by atoms with E-state index in [1.165, 1.54) is 68.2 Å². The van der Waals surface area contributed by atoms with E-state index in [-0.39, 0.29) is 0 Å². The normalized spacial score (nSPS) is 12.6. The summed E-state index contributed by atoms with van der Waals surface area (Å²) in [5.74, 6) is 8.27. The highest BCUT2D eigenvalue weighted by molar-refractivity contribution is 8.03. The highest BCUT2D eigenvalue weighted by Crippen LogP contribution is 2.43. The summed E-state index contributed by atoms with van der Waals surface area (Å²) in [7, 11) is 0. The van der Waals surface area contributed by atoms with E-state index < -0.39 is 0 Å². The third-order valence-corrected chi connectivity index (χ3v) is 16.0. The summed E-state index contributed by atoms with van der Waals surface area (Å²) in [4.78, 5) is 12.3. The van der Waals surface area contributed by atoms with Crippen molar-refractivity contribution in [1.29, 1.82) is 0 Å². The molecule has 0 spiro atoms. The van der Waals surface area contributed by atoms with Crippen molar-refractivity contribution < 1.29 is 0 Å². The molecule has 2 unspecified atom stereocenters. The van der Waals surface area contributed by atoms with Crippen molar-refractivity contribution in [2.75, 3.05) is 23.0 Å². The Hall–Kier alpha value is 0.500. The Morgan fingerprint density at radius 1 is 0.535 bits per heavy atom. The summed E-state index contributed by atoms with van der Waals surface area (Å²) in [5.41, 5.74) is 0. The van der Waals surface area contributed by atoms with Gasteiger partial charge in [0.2, 0.25) is 0 Å². The molecule has 0 saturated heterocycles. The third-order valence-electron chi connectivity index (χ3n) is 7.03. The molecule has 3 rings (SSSR count). The second kappa shape index (κ2) is 23.8. The van der Waals surface area contributed by atoms with Crippen LogP contribution in [0.1, 0.15) is 101 Å². The number of thiophene rings is 3. The second-order valence-electron chi connectivity index (χ2n) is 12.2. The molecule has 3 aromatic rings. The van der Waals surface area contributed by atoms with E-state index in [1.807, 2.05) is 45.6 Å². The first-order chi connectivity index (χ1) is 20.4. The molecule has 0 fully saturated rings. The lowest BCUT2D eigenvalue weighted by Crippen LogP contribution is -1.97. The molecule has 2 atom stereocenters. The Kier molecular flexibility index (Phi) is 22.9. The number of hydrogen-bond acceptors (Lipinski definition) is 7. The Morgan fingerprint density at radius 2 is 0.860 bits per heavy atom. The van der Waals surface area contributed by atoms with Crippen LogP contribution in [0.3, 0.4) is 0 Å². The molecule has 7 heteroatoms. The van der Waals surface area contributed by atoms with E-state index in [9.17, 15) is 0 Å². The molecule has 0 bridgehead atoms. The summed E-state index contributed by atoms with van der Waals surface area (Å²) >= 11 is 14.0. The zero-order valence-electron chi connectivity index (χ0n) is 29.1. The molecule has 0 radical (unpaired) electrons. The van der Waals surface area contributed by atoms with Crippen molar-refractivity contribution >= 4 is 81.1 Å². The van der Waals surface area contributed by atoms with Crippen molar-refractivity contribution in [3.63, 3.8) is 0 Å². The van der Waals surface area contributed by atoms with Gasteiger partial charge < -0.3 is 0 Å². The Balaban J connectivity index is 0.000000369. The van der Waals surface area contributed by atoms with Gasteiger partial charge in [-0.2, -0.15) is 11.3 Å². The van der Waals surface area contributed by atoms with Crippen LogP contribution in [0.25, 0.3) is 0 Å². The Labute approximate surface area is 296 Å². The number of thioether (sulfide) groups is 4. The van der Waals surface area contributed by atoms with Crippen LogP contribution in [0.4, 0.5) is 0 Å². The summed E-state index contributed by atoms with van der Waals surface area (Å²) in [5, 5.41) is 4.08. The van der Waals surface area contributed by atoms with Crippen LogP contribution in [-0.4, -0.2) is 23.0 Å². The predicted octanol–water partition coefficient (Wildman–Crippen LogP) is 15.0. The van der Waals surface area contributed by atoms with Gasteiger partial charge in [-0.3, -0.25) is 0 Å². The standard InChI is InChI=1S/2C16H28S3.C4H4S/c1-11(2)7-9-17-15-13(5)19-14(6)16(15)18-10-8-12(3)4;1-7-11(3)9-17-15-13(5)19-14(6)16(15)18-10-12(4)8-2;1-2-4-5-3-1/h2*11-12H,7-10H2,1-6H3;1-4H. The summed E-state index contributed by atoms with van der Waals surface area (Å²) < 4.78 is 0. The van der Waals surface area contributed by atoms with Gasteiger partial charge >= 0.3 is 0 Å². The van der Waals surface area contributed by atoms with Crippen molar-refractivity contribution in [3.05, 3.63) is 42.4 Å². The first-order valence-electron chi connectivity index (χ1n) is 16.1. The van der Waals surface area contributed by atoms with Crippen LogP contribution >= 0.6 is 81.1 Å². The maximum absolute atomic E-state index is 2.35. The van der Waals surface area contributed by atoms with Crippen molar-refractivity contribution in [3.8, 4) is 0 Å². The SMILES string of the molecule is CCC(C)CSc1c(C)sc(C)c1SCC(C)CC.Cc1sc(C)c(SCCC(C)C)c1SCCC(C)C.c1ccsc1. The number of rotatable bonds is 16. The summed E-state index contributed by atoms with van der Waals surface area (Å²) in [6, 6.07) is 4.04. The van der Waals surface area contributed by atoms with E-state index in [2.05, 4.69) is 130 Å². The zero-order valence-corrected chi connectivity index (χ0v) is 34.8. The molecular weight excluding hydrogens is 657 g/mol. The molecule has 0 aliphatic rings. The van der Waals surface area contributed by atoms with Crippen LogP contribution in [0, 0.1) is 51.4 Å². The highest BCUT2D eigenvalue weighted by atomic mass is 32.2. The van der Waals surface area contributed by atoms with Gasteiger partial charge in [0.25, 0.3) is 0 Å². The first kappa shape index (κ1) is 41.5. The highest BCUT2D eigenvalue weighted by Gasteiger charge is 2.16. The summed E-state index contributed by atoms with van der Waals surface area (Å²) in [6.07, 6.45) is 5.19. The quantitative estimate of drug-likeness (QED) is 0.135. The van der Waals surface area contributed by atoms with Gasteiger partial charge in [-0.15, -0.1) is 69.7 Å². The zero-order chi connectivity index (χ0) is 32.4. The largest absolute Gasteiger partial charge is 0.152 e. The van der Waals surface area contributed by atoms with Gasteiger partial charge in [0.1, 0.15) is 0 Å². The van der Waals surface area contributed by atoms with Crippen LogP contribution < -0.4 is 0 Å². The molecule has 0 nitrogen and oxygen atoms in total. The maximum Gasteiger partial charge on any atom is 0.0347 e. The minimum atomic E-state index is 0.810. The van der Waals surface area contributed by atoms with Crippen molar-refractivity contribution in [2.24, 2.45) is 23.7 Å². The average molecular weight is 717 g/mol. The fraction of sp³-hybridized carbons (Fsp3) is 0.667. The molecule has 0 aromatic carbocycles. The van der Waals surface area contributed by atoms with Gasteiger partial charge in [0, 0.05) is 50.6 Å². The van der Waals surface area contributed by atoms with Crippen LogP contribution in [-0.2, 0) is 0 Å². The number of hydrogen-bond donors (Lipinski definition) is 0. The molecule has 0 amide bonds. The van der Waals surface area contributed by atoms with Crippen molar-refractivity contribution in [2.45, 2.75) is 128 Å². The van der Waals surface area contributed by atoms with E-state index in [4.69, 9.17) is 0 Å². The van der Waals surface area contributed by atoms with E-state index in [0.717, 1.165) is 23.7 Å². The minimum absolute atomic E-state index is 0.810. The Bertz CT molecular complexity index is 1010. The smallest absolute Gasteiger partial charge is 0.0347 e. The van der Waals surface area contributed by atoms with Crippen molar-refractivity contribution in [1.82, 2.24) is 0 Å². The molecular formula is C36H60S7. The monoisotopic (exact) mass is 716 g/mol. The molecule has 0 aliphatic heterocycles. The van der Waals surface area contributed by atoms with Crippen LogP contribution in [0.15, 0.2) is 42.5 Å². The average Bonchev–Trinajstić information content (AvgIpc) is 3.68. The van der Waals surface area contributed by atoms with E-state index >= 15 is 0 Å². The maximum atomic E-state index is 2.35. The molecule has 43 heavy (non-hydrogen) atoms. The van der Waals surface area contributed by atoms with Gasteiger partial charge in [-0.25, -0.2) is 0 Å².